The number of hydrogen-bond acceptors (Lipinski definition) is 2. The van der Waals surface area contributed by atoms with E-state index in [9.17, 15) is 9.59 Å². The third kappa shape index (κ3) is 2.21. The molecule has 1 aliphatic heterocycles. The maximum atomic E-state index is 12.4. The van der Waals surface area contributed by atoms with Gasteiger partial charge in [-0.15, -0.1) is 0 Å². The monoisotopic (exact) mass is 278 g/mol. The Morgan fingerprint density at radius 3 is 2.63 bits per heavy atom. The molecule has 0 N–H and O–H groups in total. The van der Waals surface area contributed by atoms with Crippen LogP contribution in [0.2, 0.25) is 5.02 Å². The highest BCUT2D eigenvalue weighted by molar-refractivity contribution is 6.32. The largest absolute Gasteiger partial charge is 0.331 e. The first-order valence-corrected chi connectivity index (χ1v) is 6.85. The van der Waals surface area contributed by atoms with E-state index in [2.05, 4.69) is 0 Å². The molecule has 3 amide bonds. The number of carbonyl (C=O) groups excluding carboxylic acids is 2. The molecule has 0 radical (unpaired) electrons. The van der Waals surface area contributed by atoms with Crippen LogP contribution in [0.5, 0.6) is 0 Å². The van der Waals surface area contributed by atoms with Gasteiger partial charge in [0.05, 0.1) is 5.69 Å². The van der Waals surface area contributed by atoms with Gasteiger partial charge in [0.2, 0.25) is 5.91 Å². The summed E-state index contributed by atoms with van der Waals surface area (Å²) in [5.41, 5.74) is 1.50. The average molecular weight is 279 g/mol. The molecule has 1 aliphatic carbocycles. The lowest BCUT2D eigenvalue weighted by Crippen LogP contribution is -2.53. The number of imide groups is 1. The van der Waals surface area contributed by atoms with E-state index in [4.69, 9.17) is 11.6 Å². The third-order valence-electron chi connectivity index (χ3n) is 3.65. The van der Waals surface area contributed by atoms with E-state index >= 15 is 0 Å². The lowest BCUT2D eigenvalue weighted by molar-refractivity contribution is -0.119. The van der Waals surface area contributed by atoms with Gasteiger partial charge < -0.3 is 4.90 Å². The van der Waals surface area contributed by atoms with Crippen LogP contribution in [0.25, 0.3) is 0 Å². The molecule has 0 aromatic heterocycles. The number of urea groups is 1. The summed E-state index contributed by atoms with van der Waals surface area (Å²) in [6.45, 7) is 2.43. The molecule has 0 atom stereocenters. The van der Waals surface area contributed by atoms with Crippen molar-refractivity contribution in [2.24, 2.45) is 0 Å². The van der Waals surface area contributed by atoms with Gasteiger partial charge in [-0.05, 0) is 37.5 Å². The van der Waals surface area contributed by atoms with E-state index in [-0.39, 0.29) is 11.9 Å². The Hall–Kier alpha value is -1.55. The molecule has 1 heterocycles. The van der Waals surface area contributed by atoms with Crippen molar-refractivity contribution in [3.05, 3.63) is 28.8 Å². The molecule has 0 spiro atoms. The third-order valence-corrected chi connectivity index (χ3v) is 4.06. The van der Waals surface area contributed by atoms with E-state index in [1.54, 1.807) is 17.0 Å². The highest BCUT2D eigenvalue weighted by Crippen LogP contribution is 2.32. The van der Waals surface area contributed by atoms with E-state index in [1.807, 2.05) is 13.0 Å². The molecule has 0 bridgehead atoms. The van der Waals surface area contributed by atoms with E-state index in [0.717, 1.165) is 18.4 Å². The SMILES string of the molecule is Cc1ccc(N2C(=O)CCN(C3CC3)C2=O)cc1Cl. The number of benzene rings is 1. The second kappa shape index (κ2) is 4.53. The molecule has 1 saturated heterocycles. The van der Waals surface area contributed by atoms with Crippen molar-refractivity contribution in [3.8, 4) is 0 Å². The number of rotatable bonds is 2. The van der Waals surface area contributed by atoms with Crippen LogP contribution >= 0.6 is 11.6 Å². The van der Waals surface area contributed by atoms with Crippen LogP contribution in [0.15, 0.2) is 18.2 Å². The number of nitrogens with zero attached hydrogens (tertiary/aromatic N) is 2. The first-order valence-electron chi connectivity index (χ1n) is 6.47. The number of hydrogen-bond donors (Lipinski definition) is 0. The van der Waals surface area contributed by atoms with Crippen molar-refractivity contribution >= 4 is 29.2 Å². The van der Waals surface area contributed by atoms with Crippen molar-refractivity contribution in [1.29, 1.82) is 0 Å². The van der Waals surface area contributed by atoms with Gasteiger partial charge in [0.1, 0.15) is 0 Å². The lowest BCUT2D eigenvalue weighted by atomic mass is 10.2. The quantitative estimate of drug-likeness (QED) is 0.834. The van der Waals surface area contributed by atoms with Crippen LogP contribution in [0.1, 0.15) is 24.8 Å². The van der Waals surface area contributed by atoms with Crippen LogP contribution in [-0.2, 0) is 4.79 Å². The number of amides is 3. The molecule has 1 aromatic carbocycles. The molecule has 1 aromatic rings. The zero-order valence-corrected chi connectivity index (χ0v) is 11.5. The molecule has 19 heavy (non-hydrogen) atoms. The van der Waals surface area contributed by atoms with Crippen molar-refractivity contribution in [3.63, 3.8) is 0 Å². The minimum Gasteiger partial charge on any atom is -0.320 e. The molecule has 5 heteroatoms. The molecular weight excluding hydrogens is 264 g/mol. The Bertz CT molecular complexity index is 554. The standard InChI is InChI=1S/C14H15ClN2O2/c1-9-2-3-11(8-12(9)15)17-13(18)6-7-16(14(17)19)10-4-5-10/h2-3,8,10H,4-7H2,1H3. The number of aryl methyl sites for hydroxylation is 1. The second-order valence-corrected chi connectivity index (χ2v) is 5.53. The number of carbonyl (C=O) groups is 2. The molecule has 1 saturated carbocycles. The summed E-state index contributed by atoms with van der Waals surface area (Å²) in [7, 11) is 0. The molecule has 4 nitrogen and oxygen atoms in total. The Kier molecular flexibility index (Phi) is 2.97. The molecule has 100 valence electrons. The van der Waals surface area contributed by atoms with Crippen molar-refractivity contribution in [1.82, 2.24) is 4.90 Å². The van der Waals surface area contributed by atoms with Gasteiger partial charge in [0.15, 0.2) is 0 Å². The maximum absolute atomic E-state index is 12.4. The molecular formula is C14H15ClN2O2. The summed E-state index contributed by atoms with van der Waals surface area (Å²) < 4.78 is 0. The van der Waals surface area contributed by atoms with Gasteiger partial charge in [-0.3, -0.25) is 4.79 Å². The van der Waals surface area contributed by atoms with Gasteiger partial charge >= 0.3 is 6.03 Å². The summed E-state index contributed by atoms with van der Waals surface area (Å²) in [5.74, 6) is -0.151. The van der Waals surface area contributed by atoms with Crippen LogP contribution in [0.4, 0.5) is 10.5 Å². The van der Waals surface area contributed by atoms with Gasteiger partial charge in [0, 0.05) is 24.0 Å². The Morgan fingerprint density at radius 1 is 1.26 bits per heavy atom. The highest BCUT2D eigenvalue weighted by atomic mass is 35.5. The fourth-order valence-corrected chi connectivity index (χ4v) is 2.53. The van der Waals surface area contributed by atoms with Gasteiger partial charge in [-0.25, -0.2) is 9.69 Å². The molecule has 2 fully saturated rings. The van der Waals surface area contributed by atoms with Crippen LogP contribution < -0.4 is 4.90 Å². The molecule has 2 aliphatic rings. The fourth-order valence-electron chi connectivity index (χ4n) is 2.36. The second-order valence-electron chi connectivity index (χ2n) is 5.12. The Labute approximate surface area is 116 Å². The predicted molar refractivity (Wildman–Crippen MR) is 73.4 cm³/mol. The Morgan fingerprint density at radius 2 is 2.00 bits per heavy atom. The average Bonchev–Trinajstić information content (AvgIpc) is 3.18. The summed E-state index contributed by atoms with van der Waals surface area (Å²) >= 11 is 6.08. The molecule has 3 rings (SSSR count). The van der Waals surface area contributed by atoms with Gasteiger partial charge in [-0.2, -0.15) is 0 Å². The van der Waals surface area contributed by atoms with Crippen LogP contribution in [0.3, 0.4) is 0 Å². The highest BCUT2D eigenvalue weighted by Gasteiger charge is 2.40. The minimum absolute atomic E-state index is 0.151. The summed E-state index contributed by atoms with van der Waals surface area (Å²) in [4.78, 5) is 27.5. The van der Waals surface area contributed by atoms with Crippen LogP contribution in [-0.4, -0.2) is 29.4 Å². The lowest BCUT2D eigenvalue weighted by Gasteiger charge is -2.34. The van der Waals surface area contributed by atoms with Crippen molar-refractivity contribution in [2.75, 3.05) is 11.4 Å². The maximum Gasteiger partial charge on any atom is 0.331 e. The van der Waals surface area contributed by atoms with Gasteiger partial charge in [0.25, 0.3) is 0 Å². The fraction of sp³-hybridized carbons (Fsp3) is 0.429. The zero-order chi connectivity index (χ0) is 13.6. The summed E-state index contributed by atoms with van der Waals surface area (Å²) in [6, 6.07) is 5.40. The summed E-state index contributed by atoms with van der Waals surface area (Å²) in [5, 5.41) is 0.571. The number of anilines is 1. The normalized spacial score (nSPS) is 20.1. The van der Waals surface area contributed by atoms with E-state index in [1.165, 1.54) is 4.90 Å². The van der Waals surface area contributed by atoms with E-state index < -0.39 is 0 Å². The first kappa shape index (κ1) is 12.5. The van der Waals surface area contributed by atoms with Crippen molar-refractivity contribution < 1.29 is 9.59 Å². The topological polar surface area (TPSA) is 40.6 Å². The first-order chi connectivity index (χ1) is 9.08. The zero-order valence-electron chi connectivity index (χ0n) is 10.7. The van der Waals surface area contributed by atoms with Gasteiger partial charge in [-0.1, -0.05) is 17.7 Å². The summed E-state index contributed by atoms with van der Waals surface area (Å²) in [6.07, 6.45) is 2.47. The van der Waals surface area contributed by atoms with Crippen molar-refractivity contribution in [2.45, 2.75) is 32.2 Å². The smallest absolute Gasteiger partial charge is 0.320 e. The minimum atomic E-state index is -0.210. The van der Waals surface area contributed by atoms with E-state index in [0.29, 0.717) is 29.7 Å². The Balaban J connectivity index is 1.93. The molecule has 0 unspecified atom stereocenters. The number of halogens is 1. The predicted octanol–water partition coefficient (Wildman–Crippen LogP) is 2.97. The van der Waals surface area contributed by atoms with Crippen LogP contribution in [0, 0.1) is 6.92 Å².